The van der Waals surface area contributed by atoms with E-state index in [1.54, 1.807) is 0 Å². The van der Waals surface area contributed by atoms with Gasteiger partial charge in [0.15, 0.2) is 5.78 Å². The van der Waals surface area contributed by atoms with Gasteiger partial charge in [-0.05, 0) is 30.0 Å². The summed E-state index contributed by atoms with van der Waals surface area (Å²) in [6.07, 6.45) is 2.42. The molecule has 0 aliphatic heterocycles. The van der Waals surface area contributed by atoms with Crippen molar-refractivity contribution in [2.24, 2.45) is 0 Å². The van der Waals surface area contributed by atoms with Gasteiger partial charge in [0.2, 0.25) is 5.95 Å². The number of anilines is 1. The van der Waals surface area contributed by atoms with Crippen LogP contribution in [0.1, 0.15) is 44.3 Å². The van der Waals surface area contributed by atoms with Crippen LogP contribution in [0.2, 0.25) is 0 Å². The summed E-state index contributed by atoms with van der Waals surface area (Å²) in [5.41, 5.74) is 2.29. The number of benzene rings is 2. The molecular formula is C21H16N4O4. The minimum atomic E-state index is -0.533. The molecule has 144 valence electrons. The van der Waals surface area contributed by atoms with Crippen LogP contribution in [0, 0.1) is 10.1 Å². The average Bonchev–Trinajstić information content (AvgIpc) is 2.74. The quantitative estimate of drug-likeness (QED) is 0.540. The Morgan fingerprint density at radius 2 is 1.79 bits per heavy atom. The van der Waals surface area contributed by atoms with Crippen molar-refractivity contribution in [3.8, 4) is 0 Å². The Bertz CT molecular complexity index is 1100. The van der Waals surface area contributed by atoms with Crippen LogP contribution in [0.3, 0.4) is 0 Å². The number of carbonyl (C=O) groups excluding carboxylic acids is 2. The molecule has 0 unspecified atom stereocenters. The third kappa shape index (κ3) is 3.86. The molecule has 8 nitrogen and oxygen atoms in total. The van der Waals surface area contributed by atoms with Crippen molar-refractivity contribution >= 4 is 23.3 Å². The van der Waals surface area contributed by atoms with Crippen LogP contribution in [0.5, 0.6) is 0 Å². The summed E-state index contributed by atoms with van der Waals surface area (Å²) in [5.74, 6) is -0.382. The van der Waals surface area contributed by atoms with Gasteiger partial charge in [-0.2, -0.15) is 0 Å². The Labute approximate surface area is 165 Å². The number of ketones is 1. The normalized spacial score (nSPS) is 15.4. The molecule has 4 rings (SSSR count). The van der Waals surface area contributed by atoms with E-state index in [0.717, 1.165) is 5.56 Å². The average molecular weight is 388 g/mol. The number of amides is 1. The monoisotopic (exact) mass is 388 g/mol. The first-order chi connectivity index (χ1) is 14.0. The summed E-state index contributed by atoms with van der Waals surface area (Å²) in [4.78, 5) is 43.5. The summed E-state index contributed by atoms with van der Waals surface area (Å²) in [6.45, 7) is 0. The highest BCUT2D eigenvalue weighted by molar-refractivity contribution is 6.03. The number of non-ortho nitro benzene ring substituents is 1. The van der Waals surface area contributed by atoms with Crippen LogP contribution in [0.4, 0.5) is 11.6 Å². The molecule has 0 saturated carbocycles. The second-order valence-electron chi connectivity index (χ2n) is 6.75. The molecule has 0 fully saturated rings. The Balaban J connectivity index is 1.54. The Kier molecular flexibility index (Phi) is 4.82. The molecule has 29 heavy (non-hydrogen) atoms. The van der Waals surface area contributed by atoms with Crippen LogP contribution in [-0.4, -0.2) is 26.6 Å². The van der Waals surface area contributed by atoms with Gasteiger partial charge >= 0.3 is 0 Å². The highest BCUT2D eigenvalue weighted by atomic mass is 16.6. The predicted octanol–water partition coefficient (Wildman–Crippen LogP) is 3.55. The molecule has 1 heterocycles. The number of hydrogen-bond acceptors (Lipinski definition) is 6. The zero-order valence-electron chi connectivity index (χ0n) is 15.2. The number of nitro groups is 1. The lowest BCUT2D eigenvalue weighted by Gasteiger charge is -2.23. The van der Waals surface area contributed by atoms with E-state index in [1.165, 1.54) is 30.5 Å². The van der Waals surface area contributed by atoms with Gasteiger partial charge in [0.05, 0.1) is 16.2 Å². The number of rotatable bonds is 4. The Morgan fingerprint density at radius 1 is 1.07 bits per heavy atom. The van der Waals surface area contributed by atoms with Crippen LogP contribution < -0.4 is 5.32 Å². The fraction of sp³-hybridized carbons (Fsp3) is 0.143. The Morgan fingerprint density at radius 3 is 2.48 bits per heavy atom. The van der Waals surface area contributed by atoms with E-state index in [1.807, 2.05) is 30.3 Å². The fourth-order valence-electron chi connectivity index (χ4n) is 3.37. The number of hydrogen-bond donors (Lipinski definition) is 1. The number of aromatic nitrogens is 2. The molecule has 2 aromatic carbocycles. The molecule has 0 spiro atoms. The van der Waals surface area contributed by atoms with E-state index in [-0.39, 0.29) is 28.9 Å². The molecule has 0 radical (unpaired) electrons. The highest BCUT2D eigenvalue weighted by Gasteiger charge is 2.28. The molecule has 1 aliphatic carbocycles. The zero-order valence-corrected chi connectivity index (χ0v) is 15.2. The first-order valence-electron chi connectivity index (χ1n) is 9.01. The molecule has 1 amide bonds. The summed E-state index contributed by atoms with van der Waals surface area (Å²) in [5, 5.41) is 13.3. The molecule has 8 heteroatoms. The van der Waals surface area contributed by atoms with Crippen molar-refractivity contribution in [3.63, 3.8) is 0 Å². The summed E-state index contributed by atoms with van der Waals surface area (Å²) >= 11 is 0. The van der Waals surface area contributed by atoms with Gasteiger partial charge in [-0.15, -0.1) is 0 Å². The highest BCUT2D eigenvalue weighted by Crippen LogP contribution is 2.31. The summed E-state index contributed by atoms with van der Waals surface area (Å²) < 4.78 is 0. The minimum Gasteiger partial charge on any atom is -0.294 e. The van der Waals surface area contributed by atoms with Gasteiger partial charge in [0.25, 0.3) is 11.6 Å². The zero-order chi connectivity index (χ0) is 20.4. The van der Waals surface area contributed by atoms with Crippen molar-refractivity contribution in [2.75, 3.05) is 5.32 Å². The summed E-state index contributed by atoms with van der Waals surface area (Å²) in [6, 6.07) is 15.0. The predicted molar refractivity (Wildman–Crippen MR) is 105 cm³/mol. The number of nitro benzene ring substituents is 1. The number of carbonyl (C=O) groups is 2. The third-order valence-electron chi connectivity index (χ3n) is 4.88. The van der Waals surface area contributed by atoms with Gasteiger partial charge < -0.3 is 0 Å². The second kappa shape index (κ2) is 7.59. The van der Waals surface area contributed by atoms with E-state index in [4.69, 9.17) is 0 Å². The summed E-state index contributed by atoms with van der Waals surface area (Å²) in [7, 11) is 0. The van der Waals surface area contributed by atoms with Crippen molar-refractivity contribution < 1.29 is 14.5 Å². The molecule has 1 aromatic heterocycles. The van der Waals surface area contributed by atoms with Gasteiger partial charge in [-0.1, -0.05) is 30.3 Å². The smallest absolute Gasteiger partial charge is 0.269 e. The van der Waals surface area contributed by atoms with Crippen molar-refractivity contribution in [1.29, 1.82) is 0 Å². The maximum atomic E-state index is 12.5. The minimum absolute atomic E-state index is 0.0200. The van der Waals surface area contributed by atoms with Crippen LogP contribution >= 0.6 is 0 Å². The largest absolute Gasteiger partial charge is 0.294 e. The van der Waals surface area contributed by atoms with Crippen molar-refractivity contribution in [1.82, 2.24) is 9.97 Å². The number of nitrogens with one attached hydrogen (secondary N) is 1. The van der Waals surface area contributed by atoms with E-state index in [9.17, 15) is 19.7 Å². The SMILES string of the molecule is O=C(Nc1ncc2c(n1)C[C@@H](c1ccccc1)CC2=O)c1ccc([N+](=O)[O-])cc1. The van der Waals surface area contributed by atoms with Crippen LogP contribution in [0.25, 0.3) is 0 Å². The molecule has 0 saturated heterocycles. The lowest BCUT2D eigenvalue weighted by Crippen LogP contribution is -2.22. The lowest BCUT2D eigenvalue weighted by molar-refractivity contribution is -0.384. The van der Waals surface area contributed by atoms with Crippen molar-refractivity contribution in [3.05, 3.63) is 93.3 Å². The molecular weight excluding hydrogens is 372 g/mol. The molecule has 0 bridgehead atoms. The number of fused-ring (bicyclic) bond motifs is 1. The Hall–Kier alpha value is -3.94. The number of nitrogens with zero attached hydrogens (tertiary/aromatic N) is 3. The van der Waals surface area contributed by atoms with E-state index < -0.39 is 10.8 Å². The van der Waals surface area contributed by atoms with Gasteiger partial charge in [-0.3, -0.25) is 25.0 Å². The second-order valence-corrected chi connectivity index (χ2v) is 6.75. The topological polar surface area (TPSA) is 115 Å². The standard InChI is InChI=1S/C21H16N4O4/c26-19-11-15(13-4-2-1-3-5-13)10-18-17(19)12-22-21(23-18)24-20(27)14-6-8-16(9-7-14)25(28)29/h1-9,12,15H,10-11H2,(H,22,23,24,27)/t15-/m1/s1. The van der Waals surface area contributed by atoms with E-state index >= 15 is 0 Å². The van der Waals surface area contributed by atoms with Crippen LogP contribution in [0.15, 0.2) is 60.8 Å². The van der Waals surface area contributed by atoms with E-state index in [0.29, 0.717) is 24.1 Å². The maximum Gasteiger partial charge on any atom is 0.269 e. The molecule has 1 atom stereocenters. The fourth-order valence-corrected chi connectivity index (χ4v) is 3.37. The number of Topliss-reactive ketones (excluding diaryl/α,β-unsaturated/α-hetero) is 1. The molecule has 3 aromatic rings. The maximum absolute atomic E-state index is 12.5. The van der Waals surface area contributed by atoms with Gasteiger partial charge in [-0.25, -0.2) is 9.97 Å². The molecule has 1 N–H and O–H groups in total. The van der Waals surface area contributed by atoms with Crippen LogP contribution in [-0.2, 0) is 6.42 Å². The van der Waals surface area contributed by atoms with Gasteiger partial charge in [0.1, 0.15) is 0 Å². The first kappa shape index (κ1) is 18.4. The van der Waals surface area contributed by atoms with E-state index in [2.05, 4.69) is 15.3 Å². The third-order valence-corrected chi connectivity index (χ3v) is 4.88. The lowest BCUT2D eigenvalue weighted by atomic mass is 9.82. The van der Waals surface area contributed by atoms with Gasteiger partial charge in [0, 0.05) is 30.3 Å². The first-order valence-corrected chi connectivity index (χ1v) is 9.01. The molecule has 1 aliphatic rings. The van der Waals surface area contributed by atoms with Crippen molar-refractivity contribution in [2.45, 2.75) is 18.8 Å².